The number of amides is 1. The van der Waals surface area contributed by atoms with E-state index in [4.69, 9.17) is 15.2 Å². The third-order valence-electron chi connectivity index (χ3n) is 8.64. The molecule has 40 heavy (non-hydrogen) atoms. The standard InChI is InChI=1S/C29H30N2O9/c1-31(2)23-17-10-12-9-16-14(15-11-13(39-3)5-8-19(15)40-4)6-7-18(32)21(16)24(33)20(12)26(35)29(17,38)27(36)22(25(23)34)28(30)37/h5-8,11-12,17,20,22-23,32,38H,9-10H2,1-4H3,(H2,30,37). The maximum absolute atomic E-state index is 13.9. The van der Waals surface area contributed by atoms with Gasteiger partial charge in [0.1, 0.15) is 17.2 Å². The largest absolute Gasteiger partial charge is 0.507 e. The van der Waals surface area contributed by atoms with Gasteiger partial charge in [0.05, 0.1) is 31.7 Å². The van der Waals surface area contributed by atoms with E-state index in [2.05, 4.69) is 0 Å². The molecular formula is C29H30N2O9. The van der Waals surface area contributed by atoms with E-state index < -0.39 is 64.4 Å². The Hall–Kier alpha value is -4.09. The predicted octanol–water partition coefficient (Wildman–Crippen LogP) is 0.551. The van der Waals surface area contributed by atoms with Gasteiger partial charge in [-0.25, -0.2) is 0 Å². The lowest BCUT2D eigenvalue weighted by molar-refractivity contribution is -0.181. The number of aliphatic hydroxyl groups is 1. The summed E-state index contributed by atoms with van der Waals surface area (Å²) in [6.45, 7) is 0. The normalized spacial score (nSPS) is 29.5. The first-order valence-corrected chi connectivity index (χ1v) is 12.8. The Kier molecular flexibility index (Phi) is 6.54. The molecule has 2 fully saturated rings. The number of ketones is 4. The summed E-state index contributed by atoms with van der Waals surface area (Å²) in [4.78, 5) is 68.1. The molecule has 4 N–H and O–H groups in total. The van der Waals surface area contributed by atoms with Crippen LogP contribution in [0, 0.1) is 23.7 Å². The number of methoxy groups -OCH3 is 2. The van der Waals surface area contributed by atoms with Crippen LogP contribution in [0.3, 0.4) is 0 Å². The topological polar surface area (TPSA) is 174 Å². The maximum Gasteiger partial charge on any atom is 0.235 e. The van der Waals surface area contributed by atoms with Crippen molar-refractivity contribution in [2.24, 2.45) is 29.4 Å². The number of carbonyl (C=O) groups is 5. The number of rotatable bonds is 5. The maximum atomic E-state index is 13.9. The lowest BCUT2D eigenvalue weighted by atomic mass is 9.52. The van der Waals surface area contributed by atoms with E-state index in [1.807, 2.05) is 0 Å². The van der Waals surface area contributed by atoms with Crippen LogP contribution in [-0.2, 0) is 25.6 Å². The molecule has 0 aromatic heterocycles. The SMILES string of the molecule is COc1ccc(OC)c(-c2ccc(O)c3c2CC2CC4C(N(C)C)C(=O)C(C(N)=O)C(=O)C4(O)C(=O)C2C3=O)c1. The number of phenols is 1. The number of primary amides is 1. The summed E-state index contributed by atoms with van der Waals surface area (Å²) >= 11 is 0. The highest BCUT2D eigenvalue weighted by Gasteiger charge is 2.69. The number of hydrogen-bond donors (Lipinski definition) is 3. The molecule has 3 aliphatic carbocycles. The molecule has 0 spiro atoms. The second-order valence-corrected chi connectivity index (χ2v) is 10.8. The number of aromatic hydroxyl groups is 1. The minimum absolute atomic E-state index is 0.0335. The first kappa shape index (κ1) is 27.5. The molecule has 0 aliphatic heterocycles. The number of likely N-dealkylation sites (N-methyl/N-ethyl adjacent to an activating group) is 1. The Bertz CT molecular complexity index is 1480. The Balaban J connectivity index is 1.68. The number of nitrogens with zero attached hydrogens (tertiary/aromatic N) is 1. The van der Waals surface area contributed by atoms with E-state index in [9.17, 15) is 34.2 Å². The molecule has 2 aromatic rings. The van der Waals surface area contributed by atoms with E-state index in [0.29, 0.717) is 28.2 Å². The third-order valence-corrected chi connectivity index (χ3v) is 8.64. The van der Waals surface area contributed by atoms with Gasteiger partial charge in [-0.15, -0.1) is 0 Å². The summed E-state index contributed by atoms with van der Waals surface area (Å²) in [5, 5.41) is 22.5. The minimum atomic E-state index is -2.76. The van der Waals surface area contributed by atoms with Gasteiger partial charge >= 0.3 is 0 Å². The fourth-order valence-corrected chi connectivity index (χ4v) is 6.88. The van der Waals surface area contributed by atoms with Crippen molar-refractivity contribution in [3.63, 3.8) is 0 Å². The van der Waals surface area contributed by atoms with Crippen LogP contribution < -0.4 is 15.2 Å². The number of fused-ring (bicyclic) bond motifs is 3. The number of carbonyl (C=O) groups excluding carboxylic acids is 5. The summed E-state index contributed by atoms with van der Waals surface area (Å²) in [5.74, 6) is -9.86. The van der Waals surface area contributed by atoms with Crippen molar-refractivity contribution in [1.82, 2.24) is 4.90 Å². The van der Waals surface area contributed by atoms with E-state index in [0.717, 1.165) is 0 Å². The van der Waals surface area contributed by atoms with Crippen molar-refractivity contribution in [3.8, 4) is 28.4 Å². The molecule has 11 heteroatoms. The summed E-state index contributed by atoms with van der Waals surface area (Å²) in [7, 11) is 6.09. The summed E-state index contributed by atoms with van der Waals surface area (Å²) < 4.78 is 10.9. The quantitative estimate of drug-likeness (QED) is 0.446. The molecule has 1 amide bonds. The number of nitrogens with two attached hydrogens (primary N) is 1. The highest BCUT2D eigenvalue weighted by Crippen LogP contribution is 2.52. The van der Waals surface area contributed by atoms with Gasteiger partial charge in [-0.05, 0) is 68.2 Å². The first-order valence-electron chi connectivity index (χ1n) is 12.8. The van der Waals surface area contributed by atoms with Crippen LogP contribution in [0.1, 0.15) is 22.3 Å². The molecule has 2 saturated carbocycles. The molecule has 210 valence electrons. The summed E-state index contributed by atoms with van der Waals surface area (Å²) in [6, 6.07) is 6.98. The second kappa shape index (κ2) is 9.53. The Labute approximate surface area is 229 Å². The van der Waals surface area contributed by atoms with Gasteiger partial charge in [-0.3, -0.25) is 28.9 Å². The monoisotopic (exact) mass is 550 g/mol. The molecular weight excluding hydrogens is 520 g/mol. The number of ether oxygens (including phenoxy) is 2. The van der Waals surface area contributed by atoms with Gasteiger partial charge in [0.2, 0.25) is 5.91 Å². The Morgan fingerprint density at radius 3 is 2.33 bits per heavy atom. The van der Waals surface area contributed by atoms with Gasteiger partial charge in [0.15, 0.2) is 34.7 Å². The van der Waals surface area contributed by atoms with Crippen LogP contribution in [-0.4, -0.2) is 84.1 Å². The van der Waals surface area contributed by atoms with Crippen LogP contribution in [0.15, 0.2) is 30.3 Å². The molecule has 3 aliphatic rings. The van der Waals surface area contributed by atoms with Crippen molar-refractivity contribution in [2.45, 2.75) is 24.5 Å². The molecule has 0 bridgehead atoms. The predicted molar refractivity (Wildman–Crippen MR) is 140 cm³/mol. The second-order valence-electron chi connectivity index (χ2n) is 10.8. The number of benzene rings is 2. The van der Waals surface area contributed by atoms with E-state index in [1.165, 1.54) is 25.2 Å². The van der Waals surface area contributed by atoms with Crippen LogP contribution in [0.5, 0.6) is 17.2 Å². The lowest BCUT2D eigenvalue weighted by Crippen LogP contribution is -2.74. The van der Waals surface area contributed by atoms with Crippen LogP contribution in [0.25, 0.3) is 11.1 Å². The zero-order valence-corrected chi connectivity index (χ0v) is 22.5. The number of hydrogen-bond acceptors (Lipinski definition) is 10. The third kappa shape index (κ3) is 3.68. The first-order chi connectivity index (χ1) is 18.9. The lowest BCUT2D eigenvalue weighted by Gasteiger charge is -2.52. The van der Waals surface area contributed by atoms with Crippen LogP contribution in [0.2, 0.25) is 0 Å². The van der Waals surface area contributed by atoms with Gasteiger partial charge in [-0.1, -0.05) is 6.07 Å². The fraction of sp³-hybridized carbons (Fsp3) is 0.414. The molecule has 6 atom stereocenters. The van der Waals surface area contributed by atoms with Gasteiger partial charge in [-0.2, -0.15) is 0 Å². The van der Waals surface area contributed by atoms with E-state index in [1.54, 1.807) is 38.4 Å². The highest BCUT2D eigenvalue weighted by atomic mass is 16.5. The highest BCUT2D eigenvalue weighted by molar-refractivity contribution is 6.32. The zero-order chi connectivity index (χ0) is 29.3. The average Bonchev–Trinajstić information content (AvgIpc) is 2.90. The number of Topliss-reactive ketones (excluding diaryl/α,β-unsaturated/α-hetero) is 4. The van der Waals surface area contributed by atoms with Gasteiger partial charge < -0.3 is 25.4 Å². The summed E-state index contributed by atoms with van der Waals surface area (Å²) in [5.41, 5.74) is 4.15. The fourth-order valence-electron chi connectivity index (χ4n) is 6.88. The van der Waals surface area contributed by atoms with Crippen molar-refractivity contribution < 1.29 is 43.7 Å². The smallest absolute Gasteiger partial charge is 0.235 e. The van der Waals surface area contributed by atoms with Gasteiger partial charge in [0.25, 0.3) is 0 Å². The van der Waals surface area contributed by atoms with E-state index >= 15 is 0 Å². The van der Waals surface area contributed by atoms with Crippen molar-refractivity contribution in [2.75, 3.05) is 28.3 Å². The van der Waals surface area contributed by atoms with Crippen molar-refractivity contribution in [1.29, 1.82) is 0 Å². The summed E-state index contributed by atoms with van der Waals surface area (Å²) in [6.07, 6.45) is 0.101. The van der Waals surface area contributed by atoms with Crippen LogP contribution >= 0.6 is 0 Å². The van der Waals surface area contributed by atoms with Crippen LogP contribution in [0.4, 0.5) is 0 Å². The Morgan fingerprint density at radius 1 is 1.02 bits per heavy atom. The molecule has 11 nitrogen and oxygen atoms in total. The number of phenolic OH excluding ortho intramolecular Hbond substituents is 1. The average molecular weight is 551 g/mol. The molecule has 6 unspecified atom stereocenters. The zero-order valence-electron chi connectivity index (χ0n) is 22.5. The van der Waals surface area contributed by atoms with Crippen molar-refractivity contribution in [3.05, 3.63) is 41.5 Å². The van der Waals surface area contributed by atoms with Gasteiger partial charge in [0, 0.05) is 11.5 Å². The van der Waals surface area contributed by atoms with E-state index in [-0.39, 0.29) is 24.2 Å². The molecule has 0 heterocycles. The van der Waals surface area contributed by atoms with Crippen molar-refractivity contribution >= 4 is 29.0 Å². The molecule has 5 rings (SSSR count). The molecule has 0 radical (unpaired) electrons. The Morgan fingerprint density at radius 2 is 1.73 bits per heavy atom. The molecule has 2 aromatic carbocycles. The molecule has 0 saturated heterocycles. The minimum Gasteiger partial charge on any atom is -0.507 e.